The van der Waals surface area contributed by atoms with E-state index in [-0.39, 0.29) is 9.83 Å². The molecule has 0 radical (unpaired) electrons. The topological polar surface area (TPSA) is 112 Å². The van der Waals surface area contributed by atoms with Gasteiger partial charge in [-0.3, -0.25) is 14.4 Å². The summed E-state index contributed by atoms with van der Waals surface area (Å²) in [5.41, 5.74) is 2.43. The van der Waals surface area contributed by atoms with E-state index < -0.39 is 24.4 Å². The first kappa shape index (κ1) is 17.1. The van der Waals surface area contributed by atoms with Gasteiger partial charge in [0.15, 0.2) is 3.95 Å². The fourth-order valence-electron chi connectivity index (χ4n) is 2.51. The Kier molecular flexibility index (Phi) is 4.51. The molecule has 0 spiro atoms. The third-order valence-electron chi connectivity index (χ3n) is 3.65. The van der Waals surface area contributed by atoms with Crippen LogP contribution < -0.4 is 0 Å². The molecule has 0 saturated heterocycles. The van der Waals surface area contributed by atoms with Gasteiger partial charge in [-0.1, -0.05) is 18.2 Å². The van der Waals surface area contributed by atoms with Crippen molar-refractivity contribution in [3.05, 3.63) is 38.7 Å². The maximum Gasteiger partial charge on any atom is 0.327 e. The number of benzene rings is 1. The van der Waals surface area contributed by atoms with E-state index in [0.717, 1.165) is 32.7 Å². The first-order valence-electron chi connectivity index (χ1n) is 7.12. The zero-order valence-electron chi connectivity index (χ0n) is 12.6. The van der Waals surface area contributed by atoms with Crippen molar-refractivity contribution in [3.8, 4) is 5.88 Å². The van der Waals surface area contributed by atoms with Crippen molar-refractivity contribution in [2.24, 2.45) is 4.99 Å². The third kappa shape index (κ3) is 3.24. The molecule has 7 nitrogen and oxygen atoms in total. The number of carbonyl (C=O) groups is 2. The molecule has 0 fully saturated rings. The minimum atomic E-state index is -1.47. The molecule has 2 heterocycles. The minimum absolute atomic E-state index is 0.0845. The van der Waals surface area contributed by atoms with E-state index in [1.807, 2.05) is 24.3 Å². The van der Waals surface area contributed by atoms with Gasteiger partial charge in [0, 0.05) is 17.4 Å². The van der Waals surface area contributed by atoms with E-state index in [1.165, 1.54) is 0 Å². The summed E-state index contributed by atoms with van der Waals surface area (Å²) in [6.07, 6.45) is 2.61. The van der Waals surface area contributed by atoms with Crippen LogP contribution >= 0.6 is 23.6 Å². The molecule has 3 N–H and O–H groups in total. The van der Waals surface area contributed by atoms with Crippen LogP contribution in [0.2, 0.25) is 0 Å². The van der Waals surface area contributed by atoms with Crippen LogP contribution in [0.3, 0.4) is 0 Å². The van der Waals surface area contributed by atoms with Crippen molar-refractivity contribution in [2.45, 2.75) is 12.5 Å². The van der Waals surface area contributed by atoms with Crippen molar-refractivity contribution in [1.29, 1.82) is 0 Å². The van der Waals surface area contributed by atoms with E-state index in [1.54, 1.807) is 12.3 Å². The van der Waals surface area contributed by atoms with Gasteiger partial charge < -0.3 is 15.3 Å². The molecule has 25 heavy (non-hydrogen) atoms. The fourth-order valence-corrected chi connectivity index (χ4v) is 3.87. The summed E-state index contributed by atoms with van der Waals surface area (Å²) in [6, 6.07) is 5.99. The number of hydrogen-bond acceptors (Lipinski definition) is 6. The highest BCUT2D eigenvalue weighted by Gasteiger charge is 2.28. The molecular weight excluding hydrogens is 364 g/mol. The van der Waals surface area contributed by atoms with E-state index in [2.05, 4.69) is 4.99 Å². The Morgan fingerprint density at radius 1 is 1.32 bits per heavy atom. The van der Waals surface area contributed by atoms with Crippen LogP contribution in [-0.2, 0) is 9.59 Å². The molecule has 0 amide bonds. The standard InChI is InChI=1S/C16H12N2O5S2/c19-13(20)6-11(15(22)23)18-14(21)12(25-16(18)24)5-8-7-17-10-4-2-1-3-9(8)10/h1-5,7,11,21H,6H2,(H,19,20)(H,22,23)/t11-/m1/s1. The van der Waals surface area contributed by atoms with Crippen molar-refractivity contribution in [3.63, 3.8) is 0 Å². The zero-order chi connectivity index (χ0) is 18.1. The molecule has 3 rings (SSSR count). The van der Waals surface area contributed by atoms with Gasteiger partial charge in [0.05, 0.1) is 17.0 Å². The largest absolute Gasteiger partial charge is 0.493 e. The van der Waals surface area contributed by atoms with Crippen LogP contribution in [0.25, 0.3) is 11.6 Å². The molecule has 1 aliphatic rings. The highest BCUT2D eigenvalue weighted by atomic mass is 32.1. The summed E-state index contributed by atoms with van der Waals surface area (Å²) in [4.78, 5) is 26.9. The summed E-state index contributed by atoms with van der Waals surface area (Å²) >= 11 is 6.14. The maximum absolute atomic E-state index is 11.4. The predicted octanol–water partition coefficient (Wildman–Crippen LogP) is 3.34. The normalized spacial score (nSPS) is 15.3. The van der Waals surface area contributed by atoms with Crippen LogP contribution in [0.15, 0.2) is 29.3 Å². The Morgan fingerprint density at radius 2 is 2.04 bits per heavy atom. The molecule has 1 aromatic heterocycles. The second-order valence-electron chi connectivity index (χ2n) is 5.25. The second kappa shape index (κ2) is 6.61. The van der Waals surface area contributed by atoms with Crippen LogP contribution in [0.1, 0.15) is 22.9 Å². The van der Waals surface area contributed by atoms with Gasteiger partial charge in [0.1, 0.15) is 6.04 Å². The first-order valence-corrected chi connectivity index (χ1v) is 8.35. The average molecular weight is 376 g/mol. The SMILES string of the molecule is O=C(O)C[C@H](C(=O)O)n1c(O)c(C=C2C=Nc3ccccc32)sc1=S. The summed E-state index contributed by atoms with van der Waals surface area (Å²) in [6.45, 7) is 0. The van der Waals surface area contributed by atoms with E-state index in [9.17, 15) is 19.8 Å². The Labute approximate surface area is 150 Å². The zero-order valence-corrected chi connectivity index (χ0v) is 14.3. The van der Waals surface area contributed by atoms with Crippen LogP contribution in [0.5, 0.6) is 5.88 Å². The number of aliphatic imine (C=N–C) groups is 1. The number of allylic oxidation sites excluding steroid dienone is 1. The number of rotatable bonds is 5. The van der Waals surface area contributed by atoms with Crippen molar-refractivity contribution in [1.82, 2.24) is 4.57 Å². The van der Waals surface area contributed by atoms with E-state index in [4.69, 9.17) is 17.3 Å². The number of nitrogens with zero attached hydrogens (tertiary/aromatic N) is 2. The Morgan fingerprint density at radius 3 is 2.72 bits per heavy atom. The van der Waals surface area contributed by atoms with Gasteiger partial charge in [-0.05, 0) is 24.4 Å². The summed E-state index contributed by atoms with van der Waals surface area (Å²) in [5, 5.41) is 28.6. The number of para-hydroxylation sites is 1. The third-order valence-corrected chi connectivity index (χ3v) is 4.99. The number of aromatic hydroxyl groups is 1. The van der Waals surface area contributed by atoms with Crippen molar-refractivity contribution < 1.29 is 24.9 Å². The number of carboxylic acids is 2. The number of aromatic nitrogens is 1. The molecule has 1 aromatic carbocycles. The number of carboxylic acid groups (broad SMARTS) is 2. The summed E-state index contributed by atoms with van der Waals surface area (Å²) in [7, 11) is 0. The molecule has 9 heteroatoms. The highest BCUT2D eigenvalue weighted by molar-refractivity contribution is 7.73. The van der Waals surface area contributed by atoms with Gasteiger partial charge in [-0.2, -0.15) is 0 Å². The fraction of sp³-hybridized carbons (Fsp3) is 0.125. The average Bonchev–Trinajstić information content (AvgIpc) is 3.07. The number of thiazole rings is 1. The van der Waals surface area contributed by atoms with Gasteiger partial charge in [-0.25, -0.2) is 4.79 Å². The maximum atomic E-state index is 11.4. The second-order valence-corrected chi connectivity index (χ2v) is 6.93. The lowest BCUT2D eigenvalue weighted by atomic mass is 10.1. The van der Waals surface area contributed by atoms with Crippen LogP contribution in [0, 0.1) is 3.95 Å². The molecule has 0 aliphatic carbocycles. The molecular formula is C16H12N2O5S2. The first-order chi connectivity index (χ1) is 11.9. The molecule has 1 atom stereocenters. The van der Waals surface area contributed by atoms with Crippen LogP contribution in [-0.4, -0.2) is 38.0 Å². The quantitative estimate of drug-likeness (QED) is 0.690. The Balaban J connectivity index is 2.05. The lowest BCUT2D eigenvalue weighted by Crippen LogP contribution is -2.22. The molecule has 0 unspecified atom stereocenters. The van der Waals surface area contributed by atoms with Crippen molar-refractivity contribution in [2.75, 3.05) is 0 Å². The molecule has 128 valence electrons. The molecule has 0 saturated carbocycles. The lowest BCUT2D eigenvalue weighted by molar-refractivity contribution is -0.147. The number of hydrogen-bond donors (Lipinski definition) is 3. The van der Waals surface area contributed by atoms with E-state index in [0.29, 0.717) is 4.88 Å². The van der Waals surface area contributed by atoms with Crippen LogP contribution in [0.4, 0.5) is 5.69 Å². The summed E-state index contributed by atoms with van der Waals surface area (Å²) in [5.74, 6) is -3.04. The monoisotopic (exact) mass is 376 g/mol. The van der Waals surface area contributed by atoms with E-state index >= 15 is 0 Å². The Hall–Kier alpha value is -2.78. The van der Waals surface area contributed by atoms with Gasteiger partial charge >= 0.3 is 11.9 Å². The van der Waals surface area contributed by atoms with Crippen molar-refractivity contribution >= 4 is 59.0 Å². The van der Waals surface area contributed by atoms with Gasteiger partial charge in [-0.15, -0.1) is 11.3 Å². The number of aliphatic carboxylic acids is 2. The van der Waals surface area contributed by atoms with Gasteiger partial charge in [0.2, 0.25) is 5.88 Å². The smallest absolute Gasteiger partial charge is 0.327 e. The van der Waals surface area contributed by atoms with Gasteiger partial charge in [0.25, 0.3) is 0 Å². The molecule has 2 aromatic rings. The summed E-state index contributed by atoms with van der Waals surface area (Å²) < 4.78 is 1.04. The lowest BCUT2D eigenvalue weighted by Gasteiger charge is -2.12. The Bertz CT molecular complexity index is 987. The number of fused-ring (bicyclic) bond motifs is 1. The predicted molar refractivity (Wildman–Crippen MR) is 96.2 cm³/mol. The molecule has 1 aliphatic heterocycles. The highest BCUT2D eigenvalue weighted by Crippen LogP contribution is 2.37. The molecule has 0 bridgehead atoms. The minimum Gasteiger partial charge on any atom is -0.493 e.